The first-order valence-corrected chi connectivity index (χ1v) is 12.1. The molecule has 186 valence electrons. The molecule has 0 aliphatic rings. The maximum atomic E-state index is 10.2. The van der Waals surface area contributed by atoms with Gasteiger partial charge in [-0.15, -0.1) is 0 Å². The zero-order valence-electron chi connectivity index (χ0n) is 20.3. The topological polar surface area (TPSA) is 177 Å². The van der Waals surface area contributed by atoms with Gasteiger partial charge >= 0.3 is 40.0 Å². The molecule has 4 atom stereocenters. The summed E-state index contributed by atoms with van der Waals surface area (Å²) in [5.74, 6) is 0. The van der Waals surface area contributed by atoms with Crippen LogP contribution in [0.15, 0.2) is 0 Å². The quantitative estimate of drug-likeness (QED) is 0.0623. The summed E-state index contributed by atoms with van der Waals surface area (Å²) in [5.41, 5.74) is 0. The fourth-order valence-electron chi connectivity index (χ4n) is 2.65. The summed E-state index contributed by atoms with van der Waals surface area (Å²) in [6.07, 6.45) is 6.20. The van der Waals surface area contributed by atoms with Gasteiger partial charge in [-0.1, -0.05) is 64.7 Å². The standard InChI is InChI=1S/C12H26O4S.C7H17NO5.Na.H/c1-2-3-4-5-6-7-8-9-10-11-12-16-17(13,14)15;1-8-2-4(10)6(12)7(13)5(11)3-9;;/h2-12H2,1H3,(H,13,14,15);4-13H,2-3H2,1H3;;/q;;+1;-1/t;4-,5+,6+,7+;;/m.0../s1. The van der Waals surface area contributed by atoms with Crippen molar-refractivity contribution in [3.63, 3.8) is 0 Å². The van der Waals surface area contributed by atoms with E-state index < -0.39 is 41.4 Å². The van der Waals surface area contributed by atoms with E-state index in [0.717, 1.165) is 12.8 Å². The van der Waals surface area contributed by atoms with Crippen molar-refractivity contribution in [2.24, 2.45) is 0 Å². The van der Waals surface area contributed by atoms with Crippen molar-refractivity contribution in [2.75, 3.05) is 26.8 Å². The van der Waals surface area contributed by atoms with Crippen LogP contribution in [0.1, 0.15) is 72.6 Å². The molecule has 0 aliphatic heterocycles. The molecule has 31 heavy (non-hydrogen) atoms. The predicted octanol–water partition coefficient (Wildman–Crippen LogP) is -2.52. The van der Waals surface area contributed by atoms with E-state index in [1.54, 1.807) is 7.05 Å². The molecule has 12 heteroatoms. The molecule has 0 spiro atoms. The van der Waals surface area contributed by atoms with Gasteiger partial charge in [0.2, 0.25) is 0 Å². The summed E-state index contributed by atoms with van der Waals surface area (Å²) >= 11 is 0. The molecule has 0 amide bonds. The van der Waals surface area contributed by atoms with Crippen molar-refractivity contribution in [1.82, 2.24) is 5.32 Å². The van der Waals surface area contributed by atoms with Crippen LogP contribution in [0.5, 0.6) is 0 Å². The Morgan fingerprint density at radius 1 is 0.839 bits per heavy atom. The molecule has 0 unspecified atom stereocenters. The molecule has 0 aromatic heterocycles. The van der Waals surface area contributed by atoms with Gasteiger partial charge in [-0.05, 0) is 13.5 Å². The van der Waals surface area contributed by atoms with E-state index in [2.05, 4.69) is 16.4 Å². The summed E-state index contributed by atoms with van der Waals surface area (Å²) in [7, 11) is -2.66. The van der Waals surface area contributed by atoms with E-state index in [1.165, 1.54) is 44.9 Å². The maximum absolute atomic E-state index is 10.2. The molecule has 0 aliphatic carbocycles. The Balaban J connectivity index is -0.000000238. The number of nitrogens with one attached hydrogen (secondary N) is 1. The number of likely N-dealkylation sites (N-methyl/N-ethyl adjacent to an activating group) is 1. The van der Waals surface area contributed by atoms with Gasteiger partial charge in [-0.3, -0.25) is 4.55 Å². The third-order valence-corrected chi connectivity index (χ3v) is 4.93. The fourth-order valence-corrected chi connectivity index (χ4v) is 2.98. The van der Waals surface area contributed by atoms with Crippen LogP contribution in [0.2, 0.25) is 0 Å². The summed E-state index contributed by atoms with van der Waals surface area (Å²) < 4.78 is 33.0. The Labute approximate surface area is 211 Å². The molecule has 0 radical (unpaired) electrons. The van der Waals surface area contributed by atoms with E-state index in [1.807, 2.05) is 0 Å². The number of hydrogen-bond donors (Lipinski definition) is 7. The zero-order valence-corrected chi connectivity index (χ0v) is 22.1. The van der Waals surface area contributed by atoms with Gasteiger partial charge < -0.3 is 32.3 Å². The van der Waals surface area contributed by atoms with E-state index in [-0.39, 0.29) is 44.1 Å². The maximum Gasteiger partial charge on any atom is 1.00 e. The number of unbranched alkanes of at least 4 members (excludes halogenated alkanes) is 9. The molecular formula is C19H44NNaO9S. The average Bonchev–Trinajstić information content (AvgIpc) is 2.70. The second-order valence-corrected chi connectivity index (χ2v) is 8.38. The Bertz CT molecular complexity index is 478. The molecule has 0 saturated heterocycles. The van der Waals surface area contributed by atoms with Crippen LogP contribution in [0.3, 0.4) is 0 Å². The molecule has 7 N–H and O–H groups in total. The Hall–Kier alpha value is 0.630. The van der Waals surface area contributed by atoms with Crippen LogP contribution in [0.25, 0.3) is 0 Å². The Kier molecular flexibility index (Phi) is 27.8. The monoisotopic (exact) mass is 485 g/mol. The van der Waals surface area contributed by atoms with Crippen LogP contribution < -0.4 is 34.9 Å². The fraction of sp³-hybridized carbons (Fsp3) is 1.00. The molecule has 0 aromatic carbocycles. The van der Waals surface area contributed by atoms with Crippen molar-refractivity contribution < 1.29 is 73.7 Å². The van der Waals surface area contributed by atoms with Gasteiger partial charge in [0.15, 0.2) is 0 Å². The van der Waals surface area contributed by atoms with E-state index in [0.29, 0.717) is 6.42 Å². The van der Waals surface area contributed by atoms with Crippen molar-refractivity contribution in [3.05, 3.63) is 0 Å². The second kappa shape index (κ2) is 23.8. The van der Waals surface area contributed by atoms with Crippen LogP contribution in [0.4, 0.5) is 0 Å². The summed E-state index contributed by atoms with van der Waals surface area (Å²) in [5, 5.41) is 47.5. The second-order valence-electron chi connectivity index (χ2n) is 7.29. The van der Waals surface area contributed by atoms with Crippen LogP contribution in [-0.2, 0) is 14.6 Å². The third-order valence-electron chi connectivity index (χ3n) is 4.47. The van der Waals surface area contributed by atoms with Crippen molar-refractivity contribution in [2.45, 2.75) is 95.5 Å². The number of aliphatic hydroxyl groups excluding tert-OH is 5. The molecular weight excluding hydrogens is 441 g/mol. The molecule has 0 aromatic rings. The van der Waals surface area contributed by atoms with Gasteiger partial charge in [0.1, 0.15) is 18.3 Å². The van der Waals surface area contributed by atoms with Gasteiger partial charge in [0.05, 0.1) is 19.3 Å². The molecule has 0 saturated carbocycles. The normalized spacial score (nSPS) is 15.2. The molecule has 0 bridgehead atoms. The first-order chi connectivity index (χ1) is 14.1. The van der Waals surface area contributed by atoms with E-state index in [9.17, 15) is 13.5 Å². The number of hydrogen-bond acceptors (Lipinski definition) is 9. The predicted molar refractivity (Wildman–Crippen MR) is 115 cm³/mol. The first kappa shape index (κ1) is 36.2. The van der Waals surface area contributed by atoms with E-state index in [4.69, 9.17) is 25.0 Å². The Morgan fingerprint density at radius 2 is 1.26 bits per heavy atom. The van der Waals surface area contributed by atoms with Crippen molar-refractivity contribution in [1.29, 1.82) is 0 Å². The molecule has 0 rings (SSSR count). The van der Waals surface area contributed by atoms with E-state index >= 15 is 0 Å². The molecule has 0 fully saturated rings. The third kappa shape index (κ3) is 25.1. The molecule has 0 heterocycles. The smallest absolute Gasteiger partial charge is 1.00 e. The largest absolute Gasteiger partial charge is 1.00 e. The number of aliphatic hydroxyl groups is 5. The van der Waals surface area contributed by atoms with Gasteiger partial charge in [0, 0.05) is 6.54 Å². The summed E-state index contributed by atoms with van der Waals surface area (Å²) in [6, 6.07) is 0. The van der Waals surface area contributed by atoms with Gasteiger partial charge in [0.25, 0.3) is 0 Å². The zero-order chi connectivity index (χ0) is 23.4. The van der Waals surface area contributed by atoms with Gasteiger partial charge in [-0.2, -0.15) is 8.42 Å². The minimum absolute atomic E-state index is 0. The molecule has 10 nitrogen and oxygen atoms in total. The van der Waals surface area contributed by atoms with Crippen molar-refractivity contribution in [3.8, 4) is 0 Å². The first-order valence-electron chi connectivity index (χ1n) is 10.7. The number of rotatable bonds is 18. The average molecular weight is 486 g/mol. The SMILES string of the molecule is CCCCCCCCCCCCOS(=O)(=O)O.CNC[C@H](O)[C@@H](O)[C@H](O)[C@H](O)CO.[H-].[Na+]. The Morgan fingerprint density at radius 3 is 1.65 bits per heavy atom. The van der Waals surface area contributed by atoms with Gasteiger partial charge in [-0.25, -0.2) is 4.18 Å². The van der Waals surface area contributed by atoms with Crippen LogP contribution >= 0.6 is 0 Å². The minimum atomic E-state index is -4.23. The van der Waals surface area contributed by atoms with Crippen LogP contribution in [-0.4, -0.2) is 89.7 Å². The summed E-state index contributed by atoms with van der Waals surface area (Å²) in [4.78, 5) is 0. The summed E-state index contributed by atoms with van der Waals surface area (Å²) in [6.45, 7) is 1.74. The minimum Gasteiger partial charge on any atom is -1.00 e. The van der Waals surface area contributed by atoms with Crippen molar-refractivity contribution >= 4 is 10.4 Å². The van der Waals surface area contributed by atoms with Crippen LogP contribution in [0, 0.1) is 0 Å².